The Morgan fingerprint density at radius 1 is 1.26 bits per heavy atom. The number of esters is 1. The molecule has 1 heterocycles. The minimum absolute atomic E-state index is 0.0540. The summed E-state index contributed by atoms with van der Waals surface area (Å²) in [5.41, 5.74) is 2.85. The van der Waals surface area contributed by atoms with Crippen LogP contribution in [0, 0.1) is 12.3 Å². The molecule has 0 spiro atoms. The number of carbonyl (C=O) groups is 1. The number of H-pyrrole nitrogens is 1. The zero-order chi connectivity index (χ0) is 16.4. The molecule has 3 rings (SSSR count). The van der Waals surface area contributed by atoms with Crippen molar-refractivity contribution in [3.63, 3.8) is 0 Å². The topological polar surface area (TPSA) is 55.0 Å². The molecule has 0 saturated carbocycles. The molecule has 4 nitrogen and oxygen atoms in total. The van der Waals surface area contributed by atoms with Crippen molar-refractivity contribution in [1.82, 2.24) is 9.97 Å². The summed E-state index contributed by atoms with van der Waals surface area (Å²) in [4.78, 5) is 19.7. The molecule has 3 aromatic rings. The zero-order valence-electron chi connectivity index (χ0n) is 11.8. The smallest absolute Gasteiger partial charge is 0.339 e. The zero-order valence-corrected chi connectivity index (χ0v) is 14.9. The van der Waals surface area contributed by atoms with Gasteiger partial charge in [-0.3, -0.25) is 0 Å². The number of carbonyl (C=O) groups excluding carboxylic acids is 1. The molecular weight excluding hydrogens is 424 g/mol. The minimum atomic E-state index is -0.467. The van der Waals surface area contributed by atoms with Crippen LogP contribution in [0.2, 0.25) is 0 Å². The molecule has 0 aliphatic rings. The van der Waals surface area contributed by atoms with E-state index in [0.29, 0.717) is 10.0 Å². The highest BCUT2D eigenvalue weighted by Crippen LogP contribution is 2.28. The number of imidazole rings is 1. The molecule has 23 heavy (non-hydrogen) atoms. The van der Waals surface area contributed by atoms with E-state index in [0.717, 1.165) is 26.9 Å². The van der Waals surface area contributed by atoms with Crippen molar-refractivity contribution in [3.05, 3.63) is 50.9 Å². The van der Waals surface area contributed by atoms with Crippen molar-refractivity contribution >= 4 is 48.9 Å². The number of benzene rings is 2. The van der Waals surface area contributed by atoms with Crippen molar-refractivity contribution in [1.29, 1.82) is 0 Å². The number of nitrogens with one attached hydrogen (secondary N) is 1. The summed E-state index contributed by atoms with van der Waals surface area (Å²) in [6.45, 7) is -0.0540. The lowest BCUT2D eigenvalue weighted by molar-refractivity contribution is 0.0557. The number of aromatic amines is 1. The summed E-state index contributed by atoms with van der Waals surface area (Å²) in [6.07, 6.45) is 5.10. The molecule has 0 radical (unpaired) electrons. The summed E-state index contributed by atoms with van der Waals surface area (Å²) in [5.74, 6) is 2.53. The van der Waals surface area contributed by atoms with Gasteiger partial charge in [-0.2, -0.15) is 0 Å². The molecule has 0 saturated heterocycles. The molecule has 0 atom stereocenters. The first-order valence-electron chi connectivity index (χ1n) is 6.64. The van der Waals surface area contributed by atoms with Crippen LogP contribution in [0.15, 0.2) is 45.3 Å². The Hall–Kier alpha value is -2.10. The van der Waals surface area contributed by atoms with Gasteiger partial charge in [-0.1, -0.05) is 34.0 Å². The molecule has 0 aliphatic carbocycles. The van der Waals surface area contributed by atoms with Crippen LogP contribution in [0.5, 0.6) is 0 Å². The van der Waals surface area contributed by atoms with Crippen LogP contribution < -0.4 is 0 Å². The van der Waals surface area contributed by atoms with Crippen LogP contribution in [0.1, 0.15) is 10.4 Å². The van der Waals surface area contributed by atoms with Gasteiger partial charge in [0, 0.05) is 14.5 Å². The highest BCUT2D eigenvalue weighted by Gasteiger charge is 2.14. The average molecular weight is 434 g/mol. The summed E-state index contributed by atoms with van der Waals surface area (Å²) in [7, 11) is 0. The second kappa shape index (κ2) is 6.57. The van der Waals surface area contributed by atoms with E-state index in [4.69, 9.17) is 11.2 Å². The van der Waals surface area contributed by atoms with E-state index in [-0.39, 0.29) is 6.61 Å². The van der Waals surface area contributed by atoms with E-state index in [9.17, 15) is 4.79 Å². The number of nitrogens with zero attached hydrogens (tertiary/aromatic N) is 1. The quantitative estimate of drug-likeness (QED) is 0.487. The van der Waals surface area contributed by atoms with E-state index < -0.39 is 5.97 Å². The summed E-state index contributed by atoms with van der Waals surface area (Å²) >= 11 is 6.85. The number of hydrogen-bond donors (Lipinski definition) is 1. The Labute approximate surface area is 149 Å². The molecule has 0 aliphatic heterocycles. The first kappa shape index (κ1) is 15.8. The third-order valence-corrected chi connectivity index (χ3v) is 4.31. The first-order valence-corrected chi connectivity index (χ1v) is 8.23. The van der Waals surface area contributed by atoms with E-state index >= 15 is 0 Å². The molecule has 0 fully saturated rings. The number of terminal acetylenes is 1. The third kappa shape index (κ3) is 3.31. The van der Waals surface area contributed by atoms with E-state index in [2.05, 4.69) is 47.7 Å². The third-order valence-electron chi connectivity index (χ3n) is 3.18. The second-order valence-corrected chi connectivity index (χ2v) is 6.50. The van der Waals surface area contributed by atoms with Crippen molar-refractivity contribution < 1.29 is 9.53 Å². The van der Waals surface area contributed by atoms with Gasteiger partial charge in [-0.05, 0) is 40.2 Å². The van der Waals surface area contributed by atoms with Crippen molar-refractivity contribution in [2.45, 2.75) is 0 Å². The number of hydrogen-bond acceptors (Lipinski definition) is 3. The highest BCUT2D eigenvalue weighted by molar-refractivity contribution is 9.11. The van der Waals surface area contributed by atoms with Gasteiger partial charge in [-0.25, -0.2) is 9.78 Å². The first-order chi connectivity index (χ1) is 11.1. The average Bonchev–Trinajstić information content (AvgIpc) is 2.98. The number of aromatic nitrogens is 2. The predicted octanol–water partition coefficient (Wildman–Crippen LogP) is 4.54. The van der Waals surface area contributed by atoms with Crippen LogP contribution in [0.25, 0.3) is 22.4 Å². The van der Waals surface area contributed by atoms with Gasteiger partial charge in [0.05, 0.1) is 11.1 Å². The van der Waals surface area contributed by atoms with Crippen LogP contribution in [0.3, 0.4) is 0 Å². The SMILES string of the molecule is C#CCOC(=O)c1cc(Br)c2nc(-c3ccc(Br)cc3)[nH]c2c1. The summed E-state index contributed by atoms with van der Waals surface area (Å²) in [6, 6.07) is 11.2. The molecule has 1 aromatic heterocycles. The molecular formula is C17H10Br2N2O2. The van der Waals surface area contributed by atoms with Crippen LogP contribution in [-0.4, -0.2) is 22.5 Å². The van der Waals surface area contributed by atoms with Crippen molar-refractivity contribution in [3.8, 4) is 23.7 Å². The molecule has 0 unspecified atom stereocenters. The second-order valence-electron chi connectivity index (χ2n) is 4.73. The van der Waals surface area contributed by atoms with Gasteiger partial charge >= 0.3 is 5.97 Å². The minimum Gasteiger partial charge on any atom is -0.449 e. The fourth-order valence-corrected chi connectivity index (χ4v) is 2.94. The standard InChI is InChI=1S/C17H10Br2N2O2/c1-2-7-23-17(22)11-8-13(19)15-14(9-11)20-16(21-15)10-3-5-12(18)6-4-10/h1,3-6,8-9H,7H2,(H,20,21). The number of rotatable bonds is 3. The molecule has 0 bridgehead atoms. The Bertz CT molecular complexity index is 924. The largest absolute Gasteiger partial charge is 0.449 e. The van der Waals surface area contributed by atoms with Crippen LogP contribution in [-0.2, 0) is 4.74 Å². The summed E-state index contributed by atoms with van der Waals surface area (Å²) < 4.78 is 6.66. The Kier molecular flexibility index (Phi) is 4.51. The maximum atomic E-state index is 11.9. The number of halogens is 2. The van der Waals surface area contributed by atoms with Gasteiger partial charge in [-0.15, -0.1) is 6.42 Å². The Morgan fingerprint density at radius 2 is 2.00 bits per heavy atom. The number of ether oxygens (including phenoxy) is 1. The Morgan fingerprint density at radius 3 is 2.70 bits per heavy atom. The fourth-order valence-electron chi connectivity index (χ4n) is 2.13. The van der Waals surface area contributed by atoms with Gasteiger partial charge in [0.25, 0.3) is 0 Å². The van der Waals surface area contributed by atoms with E-state index in [1.165, 1.54) is 0 Å². The fraction of sp³-hybridized carbons (Fsp3) is 0.0588. The molecule has 2 aromatic carbocycles. The Balaban J connectivity index is 2.02. The predicted molar refractivity (Wildman–Crippen MR) is 96.0 cm³/mol. The number of fused-ring (bicyclic) bond motifs is 1. The molecule has 0 amide bonds. The van der Waals surface area contributed by atoms with Gasteiger partial charge < -0.3 is 9.72 Å². The molecule has 1 N–H and O–H groups in total. The summed E-state index contributed by atoms with van der Waals surface area (Å²) in [5, 5.41) is 0. The van der Waals surface area contributed by atoms with Crippen LogP contribution >= 0.6 is 31.9 Å². The monoisotopic (exact) mass is 432 g/mol. The normalized spacial score (nSPS) is 10.5. The molecule has 114 valence electrons. The van der Waals surface area contributed by atoms with Gasteiger partial charge in [0.2, 0.25) is 0 Å². The van der Waals surface area contributed by atoms with Crippen LogP contribution in [0.4, 0.5) is 0 Å². The van der Waals surface area contributed by atoms with Gasteiger partial charge in [0.1, 0.15) is 11.3 Å². The maximum Gasteiger partial charge on any atom is 0.339 e. The van der Waals surface area contributed by atoms with E-state index in [1.807, 2.05) is 24.3 Å². The highest BCUT2D eigenvalue weighted by atomic mass is 79.9. The van der Waals surface area contributed by atoms with Crippen molar-refractivity contribution in [2.75, 3.05) is 6.61 Å². The lowest BCUT2D eigenvalue weighted by Gasteiger charge is -2.02. The maximum absolute atomic E-state index is 11.9. The van der Waals surface area contributed by atoms with Gasteiger partial charge in [0.15, 0.2) is 6.61 Å². The lowest BCUT2D eigenvalue weighted by Crippen LogP contribution is -2.05. The van der Waals surface area contributed by atoms with E-state index in [1.54, 1.807) is 12.1 Å². The van der Waals surface area contributed by atoms with Crippen molar-refractivity contribution in [2.24, 2.45) is 0 Å². The lowest BCUT2D eigenvalue weighted by atomic mass is 10.2. The molecule has 6 heteroatoms.